The van der Waals surface area contributed by atoms with E-state index in [-0.39, 0.29) is 11.1 Å². The van der Waals surface area contributed by atoms with Gasteiger partial charge in [0.25, 0.3) is 0 Å². The molecule has 1 amide bonds. The van der Waals surface area contributed by atoms with Crippen LogP contribution in [0.2, 0.25) is 5.15 Å². The van der Waals surface area contributed by atoms with Gasteiger partial charge in [0.05, 0.1) is 0 Å². The summed E-state index contributed by atoms with van der Waals surface area (Å²) in [6.45, 7) is 5.21. The molecule has 7 heteroatoms. The number of amides is 1. The summed E-state index contributed by atoms with van der Waals surface area (Å²) in [6.07, 6.45) is 1.67. The molecule has 1 aromatic rings. The Balaban J connectivity index is 2.33. The van der Waals surface area contributed by atoms with E-state index < -0.39 is 0 Å². The fraction of sp³-hybridized carbons (Fsp3) is 0.545. The topological polar surface area (TPSA) is 92.9 Å². The highest BCUT2D eigenvalue weighted by molar-refractivity contribution is 6.32. The predicted molar refractivity (Wildman–Crippen MR) is 72.4 cm³/mol. The van der Waals surface area contributed by atoms with E-state index in [1.807, 2.05) is 13.8 Å². The molecule has 0 bridgehead atoms. The summed E-state index contributed by atoms with van der Waals surface area (Å²) in [7, 11) is 0. The maximum atomic E-state index is 11.4. The SMILES string of the molecule is CC(C)CNC(=O)CCNc1ncnc(Cl)c1N. The molecular formula is C11H18ClN5O. The molecule has 0 spiro atoms. The second-order valence-electron chi connectivity index (χ2n) is 4.30. The van der Waals surface area contributed by atoms with Gasteiger partial charge in [-0.25, -0.2) is 9.97 Å². The van der Waals surface area contributed by atoms with Gasteiger partial charge in [0.15, 0.2) is 11.0 Å². The van der Waals surface area contributed by atoms with E-state index in [1.165, 1.54) is 6.33 Å². The van der Waals surface area contributed by atoms with Gasteiger partial charge in [0.2, 0.25) is 5.91 Å². The van der Waals surface area contributed by atoms with Crippen molar-refractivity contribution in [3.05, 3.63) is 11.5 Å². The molecule has 4 N–H and O–H groups in total. The Hall–Kier alpha value is -1.56. The molecule has 0 unspecified atom stereocenters. The van der Waals surface area contributed by atoms with Gasteiger partial charge in [-0.3, -0.25) is 4.79 Å². The zero-order valence-electron chi connectivity index (χ0n) is 10.5. The fourth-order valence-corrected chi connectivity index (χ4v) is 1.35. The summed E-state index contributed by atoms with van der Waals surface area (Å²) in [5, 5.41) is 5.98. The van der Waals surface area contributed by atoms with Crippen LogP contribution in [0.3, 0.4) is 0 Å². The second kappa shape index (κ2) is 7.00. The number of carbonyl (C=O) groups excluding carboxylic acids is 1. The van der Waals surface area contributed by atoms with Crippen LogP contribution in [0.1, 0.15) is 20.3 Å². The first-order valence-electron chi connectivity index (χ1n) is 5.77. The molecule has 0 aliphatic rings. The van der Waals surface area contributed by atoms with Crippen LogP contribution in [0.5, 0.6) is 0 Å². The number of rotatable bonds is 6. The molecule has 100 valence electrons. The minimum Gasteiger partial charge on any atom is -0.393 e. The van der Waals surface area contributed by atoms with Gasteiger partial charge in [-0.1, -0.05) is 25.4 Å². The molecule has 0 aromatic carbocycles. The lowest BCUT2D eigenvalue weighted by atomic mass is 10.2. The first-order valence-corrected chi connectivity index (χ1v) is 6.15. The monoisotopic (exact) mass is 271 g/mol. The molecule has 0 fully saturated rings. The molecule has 0 atom stereocenters. The maximum Gasteiger partial charge on any atom is 0.221 e. The van der Waals surface area contributed by atoms with E-state index in [2.05, 4.69) is 20.6 Å². The molecule has 1 heterocycles. The van der Waals surface area contributed by atoms with Gasteiger partial charge in [0, 0.05) is 19.5 Å². The van der Waals surface area contributed by atoms with Crippen LogP contribution < -0.4 is 16.4 Å². The minimum absolute atomic E-state index is 0.00470. The fourth-order valence-electron chi connectivity index (χ4n) is 1.22. The Morgan fingerprint density at radius 2 is 2.22 bits per heavy atom. The maximum absolute atomic E-state index is 11.4. The van der Waals surface area contributed by atoms with Crippen LogP contribution in [0.4, 0.5) is 11.5 Å². The quantitative estimate of drug-likeness (QED) is 0.678. The van der Waals surface area contributed by atoms with Crippen LogP contribution in [0.25, 0.3) is 0 Å². The summed E-state index contributed by atoms with van der Waals surface area (Å²) in [5.41, 5.74) is 5.97. The standard InChI is InChI=1S/C11H18ClN5O/c1-7(2)5-15-8(18)3-4-14-11-9(13)10(12)16-6-17-11/h6-7H,3-5,13H2,1-2H3,(H,15,18)(H,14,16,17). The van der Waals surface area contributed by atoms with Gasteiger partial charge in [-0.15, -0.1) is 0 Å². The number of nitrogens with zero attached hydrogens (tertiary/aromatic N) is 2. The summed E-state index contributed by atoms with van der Waals surface area (Å²) in [6, 6.07) is 0. The van der Waals surface area contributed by atoms with Crippen molar-refractivity contribution in [2.75, 3.05) is 24.1 Å². The number of nitrogen functional groups attached to an aromatic ring is 1. The summed E-state index contributed by atoms with van der Waals surface area (Å²) < 4.78 is 0. The van der Waals surface area contributed by atoms with Crippen molar-refractivity contribution in [1.82, 2.24) is 15.3 Å². The van der Waals surface area contributed by atoms with Crippen molar-refractivity contribution >= 4 is 29.0 Å². The first-order chi connectivity index (χ1) is 8.50. The van der Waals surface area contributed by atoms with E-state index in [9.17, 15) is 4.79 Å². The highest BCUT2D eigenvalue weighted by atomic mass is 35.5. The Kier molecular flexibility index (Phi) is 5.64. The lowest BCUT2D eigenvalue weighted by molar-refractivity contribution is -0.120. The zero-order chi connectivity index (χ0) is 13.5. The third-order valence-electron chi connectivity index (χ3n) is 2.19. The molecule has 6 nitrogen and oxygen atoms in total. The number of anilines is 2. The van der Waals surface area contributed by atoms with E-state index in [1.54, 1.807) is 0 Å². The molecule has 0 aliphatic carbocycles. The number of hydrogen-bond donors (Lipinski definition) is 3. The minimum atomic E-state index is -0.00470. The smallest absolute Gasteiger partial charge is 0.221 e. The van der Waals surface area contributed by atoms with Gasteiger partial charge < -0.3 is 16.4 Å². The third-order valence-corrected chi connectivity index (χ3v) is 2.49. The van der Waals surface area contributed by atoms with Gasteiger partial charge in [-0.2, -0.15) is 0 Å². The molecule has 0 radical (unpaired) electrons. The Bertz CT molecular complexity index is 410. The largest absolute Gasteiger partial charge is 0.393 e. The van der Waals surface area contributed by atoms with Gasteiger partial charge >= 0.3 is 0 Å². The average molecular weight is 272 g/mol. The molecule has 1 aromatic heterocycles. The van der Waals surface area contributed by atoms with Crippen molar-refractivity contribution in [2.45, 2.75) is 20.3 Å². The first kappa shape index (κ1) is 14.5. The lowest BCUT2D eigenvalue weighted by Crippen LogP contribution is -2.28. The molecule has 18 heavy (non-hydrogen) atoms. The van der Waals surface area contributed by atoms with Gasteiger partial charge in [0.1, 0.15) is 12.0 Å². The van der Waals surface area contributed by atoms with Crippen molar-refractivity contribution < 1.29 is 4.79 Å². The van der Waals surface area contributed by atoms with Crippen molar-refractivity contribution in [3.63, 3.8) is 0 Å². The predicted octanol–water partition coefficient (Wildman–Crippen LogP) is 1.29. The zero-order valence-corrected chi connectivity index (χ0v) is 11.3. The number of carbonyl (C=O) groups is 1. The normalized spacial score (nSPS) is 10.4. The average Bonchev–Trinajstić information content (AvgIpc) is 2.32. The third kappa shape index (κ3) is 4.75. The second-order valence-corrected chi connectivity index (χ2v) is 4.66. The lowest BCUT2D eigenvalue weighted by Gasteiger charge is -2.09. The van der Waals surface area contributed by atoms with Gasteiger partial charge in [-0.05, 0) is 5.92 Å². The highest BCUT2D eigenvalue weighted by Crippen LogP contribution is 2.21. The molecule has 0 saturated heterocycles. The highest BCUT2D eigenvalue weighted by Gasteiger charge is 2.06. The molecule has 0 aliphatic heterocycles. The summed E-state index contributed by atoms with van der Waals surface area (Å²) in [4.78, 5) is 19.1. The number of aromatic nitrogens is 2. The van der Waals surface area contributed by atoms with E-state index >= 15 is 0 Å². The molecule has 0 saturated carbocycles. The van der Waals surface area contributed by atoms with Crippen LogP contribution >= 0.6 is 11.6 Å². The van der Waals surface area contributed by atoms with Crippen molar-refractivity contribution in [1.29, 1.82) is 0 Å². The molecular weight excluding hydrogens is 254 g/mol. The Morgan fingerprint density at radius 3 is 2.89 bits per heavy atom. The van der Waals surface area contributed by atoms with E-state index in [0.717, 1.165) is 0 Å². The van der Waals surface area contributed by atoms with Crippen molar-refractivity contribution in [2.24, 2.45) is 5.92 Å². The summed E-state index contributed by atoms with van der Waals surface area (Å²) >= 11 is 5.74. The number of hydrogen-bond acceptors (Lipinski definition) is 5. The van der Waals surface area contributed by atoms with E-state index in [4.69, 9.17) is 17.3 Å². The van der Waals surface area contributed by atoms with Crippen LogP contribution in [-0.4, -0.2) is 29.0 Å². The number of nitrogens with two attached hydrogens (primary N) is 1. The molecule has 1 rings (SSSR count). The van der Waals surface area contributed by atoms with Crippen molar-refractivity contribution in [3.8, 4) is 0 Å². The van der Waals surface area contributed by atoms with Crippen LogP contribution in [0, 0.1) is 5.92 Å². The summed E-state index contributed by atoms with van der Waals surface area (Å²) in [5.74, 6) is 0.889. The Morgan fingerprint density at radius 1 is 1.50 bits per heavy atom. The Labute approximate surface area is 111 Å². The number of halogens is 1. The number of nitrogens with one attached hydrogen (secondary N) is 2. The van der Waals surface area contributed by atoms with Crippen LogP contribution in [0.15, 0.2) is 6.33 Å². The van der Waals surface area contributed by atoms with E-state index in [0.29, 0.717) is 36.9 Å². The van der Waals surface area contributed by atoms with Crippen LogP contribution in [-0.2, 0) is 4.79 Å².